The molecule has 0 amide bonds. The molecule has 2 N–H and O–H groups in total. The minimum absolute atomic E-state index is 0.323. The molecule has 2 fully saturated rings. The molecular weight excluding hydrogens is 258 g/mol. The summed E-state index contributed by atoms with van der Waals surface area (Å²) in [7, 11) is 0. The predicted molar refractivity (Wildman–Crippen MR) is 79.3 cm³/mol. The zero-order valence-electron chi connectivity index (χ0n) is 11.0. The molecule has 5 nitrogen and oxygen atoms in total. The first-order valence-electron chi connectivity index (χ1n) is 6.82. The van der Waals surface area contributed by atoms with E-state index in [4.69, 9.17) is 18.0 Å². The number of hydrogen-bond donors (Lipinski definition) is 1. The minimum Gasteiger partial charge on any atom is -0.388 e. The van der Waals surface area contributed by atoms with E-state index in [1.54, 1.807) is 12.4 Å². The average molecular weight is 277 g/mol. The zero-order valence-corrected chi connectivity index (χ0v) is 11.8. The van der Waals surface area contributed by atoms with Gasteiger partial charge in [0.25, 0.3) is 0 Å². The molecule has 1 saturated heterocycles. The van der Waals surface area contributed by atoms with Gasteiger partial charge >= 0.3 is 0 Å². The number of piperazine rings is 1. The van der Waals surface area contributed by atoms with Crippen LogP contribution in [0.25, 0.3) is 0 Å². The third kappa shape index (κ3) is 3.01. The third-order valence-corrected chi connectivity index (χ3v) is 3.99. The van der Waals surface area contributed by atoms with E-state index in [0.717, 1.165) is 37.9 Å². The molecule has 0 unspecified atom stereocenters. The van der Waals surface area contributed by atoms with E-state index in [9.17, 15) is 0 Å². The van der Waals surface area contributed by atoms with E-state index in [0.29, 0.717) is 10.7 Å². The number of hydrogen-bond acceptors (Lipinski definition) is 5. The molecule has 1 aromatic heterocycles. The second kappa shape index (κ2) is 5.38. The Morgan fingerprint density at radius 3 is 2.53 bits per heavy atom. The van der Waals surface area contributed by atoms with Gasteiger partial charge in [-0.2, -0.15) is 0 Å². The van der Waals surface area contributed by atoms with Crippen LogP contribution in [0.1, 0.15) is 18.5 Å². The lowest BCUT2D eigenvalue weighted by molar-refractivity contribution is 0.247. The normalized spacial score (nSPS) is 20.5. The average Bonchev–Trinajstić information content (AvgIpc) is 3.23. The molecule has 0 bridgehead atoms. The van der Waals surface area contributed by atoms with Gasteiger partial charge in [-0.05, 0) is 18.8 Å². The summed E-state index contributed by atoms with van der Waals surface area (Å²) in [5.41, 5.74) is 6.36. The highest BCUT2D eigenvalue weighted by molar-refractivity contribution is 7.80. The molecule has 1 aliphatic heterocycles. The molecule has 3 rings (SSSR count). The number of nitrogens with zero attached hydrogens (tertiary/aromatic N) is 4. The summed E-state index contributed by atoms with van der Waals surface area (Å²) in [6.07, 6.45) is 6.17. The van der Waals surface area contributed by atoms with Crippen molar-refractivity contribution in [3.63, 3.8) is 0 Å². The Kier molecular flexibility index (Phi) is 3.61. The lowest BCUT2D eigenvalue weighted by atomic mass is 10.2. The molecule has 0 aromatic carbocycles. The van der Waals surface area contributed by atoms with Crippen molar-refractivity contribution in [2.24, 2.45) is 11.7 Å². The van der Waals surface area contributed by atoms with E-state index >= 15 is 0 Å². The number of aromatic nitrogens is 2. The van der Waals surface area contributed by atoms with Gasteiger partial charge in [-0.15, -0.1) is 0 Å². The smallest absolute Gasteiger partial charge is 0.157 e. The van der Waals surface area contributed by atoms with Crippen molar-refractivity contribution in [1.29, 1.82) is 0 Å². The fraction of sp³-hybridized carbons (Fsp3) is 0.615. The van der Waals surface area contributed by atoms with Gasteiger partial charge in [0.1, 0.15) is 10.7 Å². The van der Waals surface area contributed by atoms with Crippen molar-refractivity contribution in [1.82, 2.24) is 14.9 Å². The van der Waals surface area contributed by atoms with Crippen LogP contribution in [0.2, 0.25) is 0 Å². The Labute approximate surface area is 118 Å². The standard InChI is InChI=1S/C13H19N5S/c14-12(19)11-13(16-4-3-15-11)18-7-5-17(6-8-18)9-10-1-2-10/h3-4,10H,1-2,5-9H2,(H2,14,19). The quantitative estimate of drug-likeness (QED) is 0.815. The van der Waals surface area contributed by atoms with E-state index in [1.807, 2.05) is 0 Å². The van der Waals surface area contributed by atoms with Gasteiger partial charge in [0.05, 0.1) is 0 Å². The van der Waals surface area contributed by atoms with Gasteiger partial charge in [-0.1, -0.05) is 12.2 Å². The van der Waals surface area contributed by atoms with Gasteiger partial charge < -0.3 is 10.6 Å². The maximum Gasteiger partial charge on any atom is 0.157 e. The SMILES string of the molecule is NC(=S)c1nccnc1N1CCN(CC2CC2)CC1. The number of anilines is 1. The molecule has 102 valence electrons. The summed E-state index contributed by atoms with van der Waals surface area (Å²) >= 11 is 5.05. The molecule has 0 radical (unpaired) electrons. The molecule has 0 atom stereocenters. The third-order valence-electron chi connectivity index (χ3n) is 3.80. The van der Waals surface area contributed by atoms with E-state index < -0.39 is 0 Å². The van der Waals surface area contributed by atoms with Crippen molar-refractivity contribution in [3.8, 4) is 0 Å². The highest BCUT2D eigenvalue weighted by atomic mass is 32.1. The number of rotatable bonds is 4. The van der Waals surface area contributed by atoms with Crippen molar-refractivity contribution in [2.45, 2.75) is 12.8 Å². The topological polar surface area (TPSA) is 58.3 Å². The molecular formula is C13H19N5S. The van der Waals surface area contributed by atoms with Crippen LogP contribution in [0, 0.1) is 5.92 Å². The molecule has 2 aliphatic rings. The molecule has 19 heavy (non-hydrogen) atoms. The summed E-state index contributed by atoms with van der Waals surface area (Å²) < 4.78 is 0. The summed E-state index contributed by atoms with van der Waals surface area (Å²) in [5, 5.41) is 0. The van der Waals surface area contributed by atoms with Gasteiger partial charge in [-0.3, -0.25) is 4.90 Å². The molecule has 1 saturated carbocycles. The van der Waals surface area contributed by atoms with Crippen LogP contribution in [-0.4, -0.2) is 52.6 Å². The Morgan fingerprint density at radius 2 is 1.89 bits per heavy atom. The highest BCUT2D eigenvalue weighted by Crippen LogP contribution is 2.30. The molecule has 2 heterocycles. The lowest BCUT2D eigenvalue weighted by Gasteiger charge is -2.35. The van der Waals surface area contributed by atoms with Gasteiger partial charge in [0.2, 0.25) is 0 Å². The number of nitrogens with two attached hydrogens (primary N) is 1. The minimum atomic E-state index is 0.323. The largest absolute Gasteiger partial charge is 0.388 e. The van der Waals surface area contributed by atoms with Crippen LogP contribution < -0.4 is 10.6 Å². The Morgan fingerprint density at radius 1 is 1.21 bits per heavy atom. The fourth-order valence-corrected chi connectivity index (χ4v) is 2.69. The summed E-state index contributed by atoms with van der Waals surface area (Å²) in [6, 6.07) is 0. The molecule has 1 aliphatic carbocycles. The highest BCUT2D eigenvalue weighted by Gasteiger charge is 2.27. The Hall–Kier alpha value is -1.27. The second-order valence-electron chi connectivity index (χ2n) is 5.32. The van der Waals surface area contributed by atoms with Crippen molar-refractivity contribution < 1.29 is 0 Å². The summed E-state index contributed by atoms with van der Waals surface area (Å²) in [6.45, 7) is 5.38. The molecule has 1 aromatic rings. The van der Waals surface area contributed by atoms with Crippen LogP contribution in [0.15, 0.2) is 12.4 Å². The predicted octanol–water partition coefficient (Wildman–Crippen LogP) is 0.643. The maximum atomic E-state index is 5.71. The Bertz CT molecular complexity index is 466. The number of thiocarbonyl (C=S) groups is 1. The van der Waals surface area contributed by atoms with Crippen LogP contribution in [0.4, 0.5) is 5.82 Å². The van der Waals surface area contributed by atoms with Crippen LogP contribution in [-0.2, 0) is 0 Å². The van der Waals surface area contributed by atoms with Crippen molar-refractivity contribution in [3.05, 3.63) is 18.1 Å². The molecule has 0 spiro atoms. The lowest BCUT2D eigenvalue weighted by Crippen LogP contribution is -2.47. The molecule has 6 heteroatoms. The van der Waals surface area contributed by atoms with Crippen LogP contribution >= 0.6 is 12.2 Å². The Balaban J connectivity index is 1.65. The zero-order chi connectivity index (χ0) is 13.2. The first-order chi connectivity index (χ1) is 9.24. The maximum absolute atomic E-state index is 5.71. The van der Waals surface area contributed by atoms with Crippen LogP contribution in [0.3, 0.4) is 0 Å². The van der Waals surface area contributed by atoms with E-state index in [-0.39, 0.29) is 0 Å². The van der Waals surface area contributed by atoms with Gasteiger partial charge in [-0.25, -0.2) is 9.97 Å². The second-order valence-corrected chi connectivity index (χ2v) is 5.76. The monoisotopic (exact) mass is 277 g/mol. The van der Waals surface area contributed by atoms with Crippen molar-refractivity contribution >= 4 is 23.0 Å². The van der Waals surface area contributed by atoms with Gasteiger partial charge in [0, 0.05) is 45.1 Å². The first-order valence-corrected chi connectivity index (χ1v) is 7.23. The van der Waals surface area contributed by atoms with Crippen LogP contribution in [0.5, 0.6) is 0 Å². The van der Waals surface area contributed by atoms with Crippen molar-refractivity contribution in [2.75, 3.05) is 37.6 Å². The van der Waals surface area contributed by atoms with Gasteiger partial charge in [0.15, 0.2) is 5.82 Å². The van der Waals surface area contributed by atoms with E-state index in [2.05, 4.69) is 19.8 Å². The fourth-order valence-electron chi connectivity index (χ4n) is 2.54. The first kappa shape index (κ1) is 12.7. The summed E-state index contributed by atoms with van der Waals surface area (Å²) in [4.78, 5) is 13.8. The van der Waals surface area contributed by atoms with E-state index in [1.165, 1.54) is 19.4 Å². The summed E-state index contributed by atoms with van der Waals surface area (Å²) in [5.74, 6) is 1.79.